The van der Waals surface area contributed by atoms with E-state index in [2.05, 4.69) is 10.4 Å². The lowest BCUT2D eigenvalue weighted by atomic mass is 10.1. The molecule has 1 unspecified atom stereocenters. The number of hydrogen-bond acceptors (Lipinski definition) is 3. The Morgan fingerprint density at radius 3 is 2.89 bits per heavy atom. The monoisotopic (exact) mass is 263 g/mol. The smallest absolute Gasteiger partial charge is 0.131 e. The van der Waals surface area contributed by atoms with Crippen LogP contribution in [0.2, 0.25) is 0 Å². The number of nitrogens with zero attached hydrogens (tertiary/aromatic N) is 2. The summed E-state index contributed by atoms with van der Waals surface area (Å²) in [4.78, 5) is 0. The Bertz CT molecular complexity index is 553. The summed E-state index contributed by atoms with van der Waals surface area (Å²) in [7, 11) is 0. The van der Waals surface area contributed by atoms with Gasteiger partial charge in [-0.1, -0.05) is 6.07 Å². The van der Waals surface area contributed by atoms with Gasteiger partial charge in [0.05, 0.1) is 12.7 Å². The standard InChI is InChI=1S/C14H18FN3O/c1-10-8-17-18(9-10)6-5-16-11(2)13-4-3-12(19)7-14(13)15/h3-4,7-9,11,16,19H,5-6H2,1-2H3. The van der Waals surface area contributed by atoms with Crippen LogP contribution in [-0.2, 0) is 6.54 Å². The van der Waals surface area contributed by atoms with Crippen LogP contribution in [0.3, 0.4) is 0 Å². The van der Waals surface area contributed by atoms with Crippen molar-refractivity contribution in [3.05, 3.63) is 47.5 Å². The third-order valence-corrected chi connectivity index (χ3v) is 3.00. The summed E-state index contributed by atoms with van der Waals surface area (Å²) in [5.41, 5.74) is 1.67. The molecule has 2 aromatic rings. The summed E-state index contributed by atoms with van der Waals surface area (Å²) in [5.74, 6) is -0.449. The molecule has 2 rings (SSSR count). The molecule has 0 aliphatic rings. The molecule has 19 heavy (non-hydrogen) atoms. The Balaban J connectivity index is 1.88. The molecule has 4 nitrogen and oxygen atoms in total. The molecule has 0 bridgehead atoms. The Morgan fingerprint density at radius 1 is 1.47 bits per heavy atom. The van der Waals surface area contributed by atoms with Crippen LogP contribution in [0.4, 0.5) is 4.39 Å². The highest BCUT2D eigenvalue weighted by Crippen LogP contribution is 2.20. The van der Waals surface area contributed by atoms with E-state index in [1.807, 2.05) is 30.9 Å². The SMILES string of the molecule is Cc1cnn(CCNC(C)c2ccc(O)cc2F)c1. The molecule has 1 atom stereocenters. The molecule has 2 N–H and O–H groups in total. The summed E-state index contributed by atoms with van der Waals surface area (Å²) in [6, 6.07) is 4.11. The molecule has 0 fully saturated rings. The average molecular weight is 263 g/mol. The van der Waals surface area contributed by atoms with Gasteiger partial charge in [-0.25, -0.2) is 4.39 Å². The molecule has 102 valence electrons. The third kappa shape index (κ3) is 3.54. The largest absolute Gasteiger partial charge is 0.508 e. The van der Waals surface area contributed by atoms with Crippen molar-refractivity contribution in [3.8, 4) is 5.75 Å². The average Bonchev–Trinajstić information content (AvgIpc) is 2.75. The van der Waals surface area contributed by atoms with Gasteiger partial charge in [-0.15, -0.1) is 0 Å². The number of rotatable bonds is 5. The number of nitrogens with one attached hydrogen (secondary N) is 1. The van der Waals surface area contributed by atoms with Crippen LogP contribution in [0.25, 0.3) is 0 Å². The maximum atomic E-state index is 13.6. The minimum Gasteiger partial charge on any atom is -0.508 e. The summed E-state index contributed by atoms with van der Waals surface area (Å²) < 4.78 is 15.5. The molecule has 0 saturated heterocycles. The quantitative estimate of drug-likeness (QED) is 0.871. The molecule has 0 radical (unpaired) electrons. The first-order chi connectivity index (χ1) is 9.06. The number of hydrogen-bond donors (Lipinski definition) is 2. The lowest BCUT2D eigenvalue weighted by Gasteiger charge is -2.15. The molecule has 0 amide bonds. The second-order valence-corrected chi connectivity index (χ2v) is 4.66. The first kappa shape index (κ1) is 13.5. The van der Waals surface area contributed by atoms with Crippen LogP contribution < -0.4 is 5.32 Å². The molecule has 1 aromatic heterocycles. The maximum absolute atomic E-state index is 13.6. The zero-order chi connectivity index (χ0) is 13.8. The number of phenolic OH excluding ortho intramolecular Hbond substituents is 1. The van der Waals surface area contributed by atoms with Crippen LogP contribution >= 0.6 is 0 Å². The van der Waals surface area contributed by atoms with Crippen molar-refractivity contribution in [1.82, 2.24) is 15.1 Å². The lowest BCUT2D eigenvalue weighted by Crippen LogP contribution is -2.24. The molecule has 1 aromatic carbocycles. The van der Waals surface area contributed by atoms with E-state index < -0.39 is 5.82 Å². The molecule has 0 aliphatic carbocycles. The van der Waals surface area contributed by atoms with Gasteiger partial charge in [0.2, 0.25) is 0 Å². The maximum Gasteiger partial charge on any atom is 0.131 e. The van der Waals surface area contributed by atoms with E-state index >= 15 is 0 Å². The first-order valence-corrected chi connectivity index (χ1v) is 6.27. The zero-order valence-electron chi connectivity index (χ0n) is 11.1. The second-order valence-electron chi connectivity index (χ2n) is 4.66. The van der Waals surface area contributed by atoms with E-state index in [0.717, 1.165) is 18.2 Å². The van der Waals surface area contributed by atoms with Gasteiger partial charge < -0.3 is 10.4 Å². The highest BCUT2D eigenvalue weighted by atomic mass is 19.1. The van der Waals surface area contributed by atoms with Crippen LogP contribution in [0.15, 0.2) is 30.6 Å². The van der Waals surface area contributed by atoms with Crippen molar-refractivity contribution in [2.24, 2.45) is 0 Å². The molecule has 0 aliphatic heterocycles. The Labute approximate surface area is 111 Å². The van der Waals surface area contributed by atoms with Gasteiger partial charge in [0.1, 0.15) is 11.6 Å². The molecule has 0 spiro atoms. The number of aromatic hydroxyl groups is 1. The first-order valence-electron chi connectivity index (χ1n) is 6.27. The van der Waals surface area contributed by atoms with Gasteiger partial charge in [-0.3, -0.25) is 4.68 Å². The van der Waals surface area contributed by atoms with Crippen LogP contribution in [0, 0.1) is 12.7 Å². The fourth-order valence-corrected chi connectivity index (χ4v) is 1.96. The predicted molar refractivity (Wildman–Crippen MR) is 71.4 cm³/mol. The van der Waals surface area contributed by atoms with Gasteiger partial charge in [-0.05, 0) is 25.5 Å². The van der Waals surface area contributed by atoms with Gasteiger partial charge in [0.15, 0.2) is 0 Å². The Kier molecular flexibility index (Phi) is 4.16. The number of aryl methyl sites for hydroxylation is 1. The van der Waals surface area contributed by atoms with E-state index in [0.29, 0.717) is 12.1 Å². The summed E-state index contributed by atoms with van der Waals surface area (Å²) in [5, 5.41) is 16.6. The molecule has 5 heteroatoms. The third-order valence-electron chi connectivity index (χ3n) is 3.00. The summed E-state index contributed by atoms with van der Waals surface area (Å²) in [6.07, 6.45) is 3.77. The molecule has 0 saturated carbocycles. The van der Waals surface area contributed by atoms with E-state index in [9.17, 15) is 9.50 Å². The van der Waals surface area contributed by atoms with E-state index in [1.54, 1.807) is 6.07 Å². The van der Waals surface area contributed by atoms with E-state index in [-0.39, 0.29) is 11.8 Å². The predicted octanol–water partition coefficient (Wildman–Crippen LogP) is 2.39. The highest BCUT2D eigenvalue weighted by Gasteiger charge is 2.10. The van der Waals surface area contributed by atoms with Gasteiger partial charge in [0, 0.05) is 30.4 Å². The van der Waals surface area contributed by atoms with Gasteiger partial charge in [-0.2, -0.15) is 5.10 Å². The lowest BCUT2D eigenvalue weighted by molar-refractivity contribution is 0.460. The van der Waals surface area contributed by atoms with Crippen molar-refractivity contribution in [2.75, 3.05) is 6.54 Å². The highest BCUT2D eigenvalue weighted by molar-refractivity contribution is 5.29. The fourth-order valence-electron chi connectivity index (χ4n) is 1.96. The van der Waals surface area contributed by atoms with E-state index in [1.165, 1.54) is 6.07 Å². The van der Waals surface area contributed by atoms with Crippen molar-refractivity contribution < 1.29 is 9.50 Å². The van der Waals surface area contributed by atoms with Crippen molar-refractivity contribution >= 4 is 0 Å². The minimum atomic E-state index is -0.394. The Morgan fingerprint density at radius 2 is 2.26 bits per heavy atom. The fraction of sp³-hybridized carbons (Fsp3) is 0.357. The molecular weight excluding hydrogens is 245 g/mol. The van der Waals surface area contributed by atoms with Crippen molar-refractivity contribution in [3.63, 3.8) is 0 Å². The number of halogens is 1. The van der Waals surface area contributed by atoms with Gasteiger partial charge >= 0.3 is 0 Å². The van der Waals surface area contributed by atoms with Crippen molar-refractivity contribution in [1.29, 1.82) is 0 Å². The molecule has 1 heterocycles. The topological polar surface area (TPSA) is 50.1 Å². The van der Waals surface area contributed by atoms with E-state index in [4.69, 9.17) is 0 Å². The summed E-state index contributed by atoms with van der Waals surface area (Å²) in [6.45, 7) is 5.32. The Hall–Kier alpha value is -1.88. The molecular formula is C14H18FN3O. The minimum absolute atomic E-state index is 0.0551. The number of phenols is 1. The van der Waals surface area contributed by atoms with Crippen LogP contribution in [0.5, 0.6) is 5.75 Å². The number of aromatic nitrogens is 2. The van der Waals surface area contributed by atoms with Crippen LogP contribution in [-0.4, -0.2) is 21.4 Å². The number of benzene rings is 1. The summed E-state index contributed by atoms with van der Waals surface area (Å²) >= 11 is 0. The second kappa shape index (κ2) is 5.84. The zero-order valence-corrected chi connectivity index (χ0v) is 11.1. The van der Waals surface area contributed by atoms with Crippen LogP contribution in [0.1, 0.15) is 24.1 Å². The van der Waals surface area contributed by atoms with Crippen molar-refractivity contribution in [2.45, 2.75) is 26.4 Å². The normalized spacial score (nSPS) is 12.6. The van der Waals surface area contributed by atoms with Gasteiger partial charge in [0.25, 0.3) is 0 Å².